The first kappa shape index (κ1) is 17.0. The molecule has 0 spiro atoms. The molecule has 1 aromatic carbocycles. The first-order chi connectivity index (χ1) is 10.7. The van der Waals surface area contributed by atoms with Crippen LogP contribution < -0.4 is 0 Å². The summed E-state index contributed by atoms with van der Waals surface area (Å²) >= 11 is 0. The number of ether oxygens (including phenoxy) is 2. The molecule has 0 N–H and O–H groups in total. The highest BCUT2D eigenvalue weighted by Gasteiger charge is 2.30. The SMILES string of the molecule is COC(=O)c1cc(C2C=CCN2C(=O)OC(C)(C)C)ccc1F. The third-order valence-electron chi connectivity index (χ3n) is 3.32. The minimum Gasteiger partial charge on any atom is -0.465 e. The lowest BCUT2D eigenvalue weighted by Gasteiger charge is -2.29. The van der Waals surface area contributed by atoms with Crippen molar-refractivity contribution in [2.45, 2.75) is 32.4 Å². The van der Waals surface area contributed by atoms with Gasteiger partial charge in [0, 0.05) is 6.54 Å². The third kappa shape index (κ3) is 3.88. The van der Waals surface area contributed by atoms with Crippen LogP contribution in [0, 0.1) is 5.82 Å². The second-order valence-corrected chi connectivity index (χ2v) is 6.24. The quantitative estimate of drug-likeness (QED) is 0.618. The lowest BCUT2D eigenvalue weighted by atomic mass is 10.0. The summed E-state index contributed by atoms with van der Waals surface area (Å²) in [6, 6.07) is 3.73. The molecule has 1 aliphatic rings. The Morgan fingerprint density at radius 3 is 2.61 bits per heavy atom. The largest absolute Gasteiger partial charge is 0.465 e. The van der Waals surface area contributed by atoms with E-state index in [1.165, 1.54) is 24.1 Å². The molecule has 0 saturated heterocycles. The number of nitrogens with zero attached hydrogens (tertiary/aromatic N) is 1. The summed E-state index contributed by atoms with van der Waals surface area (Å²) in [5, 5.41) is 0. The maximum atomic E-state index is 13.7. The Kier molecular flexibility index (Phi) is 4.73. The van der Waals surface area contributed by atoms with Gasteiger partial charge in [0.15, 0.2) is 0 Å². The number of carbonyl (C=O) groups excluding carboxylic acids is 2. The third-order valence-corrected chi connectivity index (χ3v) is 3.32. The number of benzene rings is 1. The van der Waals surface area contributed by atoms with Gasteiger partial charge in [0.05, 0.1) is 18.7 Å². The zero-order valence-electron chi connectivity index (χ0n) is 13.6. The highest BCUT2D eigenvalue weighted by atomic mass is 19.1. The molecule has 1 amide bonds. The molecule has 0 fully saturated rings. The summed E-state index contributed by atoms with van der Waals surface area (Å²) in [5.41, 5.74) is -0.148. The Bertz CT molecular complexity index is 648. The van der Waals surface area contributed by atoms with Crippen molar-refractivity contribution in [1.82, 2.24) is 4.90 Å². The van der Waals surface area contributed by atoms with E-state index in [4.69, 9.17) is 4.74 Å². The van der Waals surface area contributed by atoms with Crippen LogP contribution in [0.3, 0.4) is 0 Å². The summed E-state index contributed by atoms with van der Waals surface area (Å²) in [5.74, 6) is -1.42. The van der Waals surface area contributed by atoms with E-state index in [0.29, 0.717) is 12.1 Å². The Hall–Kier alpha value is -2.37. The van der Waals surface area contributed by atoms with Crippen molar-refractivity contribution in [1.29, 1.82) is 0 Å². The second kappa shape index (κ2) is 6.40. The van der Waals surface area contributed by atoms with Gasteiger partial charge in [-0.05, 0) is 38.5 Å². The Labute approximate surface area is 134 Å². The molecular formula is C17H20FNO4. The van der Waals surface area contributed by atoms with Gasteiger partial charge >= 0.3 is 12.1 Å². The van der Waals surface area contributed by atoms with Crippen LogP contribution in [0.2, 0.25) is 0 Å². The topological polar surface area (TPSA) is 55.8 Å². The van der Waals surface area contributed by atoms with E-state index in [9.17, 15) is 14.0 Å². The average Bonchev–Trinajstić information content (AvgIpc) is 2.94. The predicted molar refractivity (Wildman–Crippen MR) is 82.6 cm³/mol. The average molecular weight is 321 g/mol. The van der Waals surface area contributed by atoms with E-state index < -0.39 is 29.5 Å². The van der Waals surface area contributed by atoms with Crippen molar-refractivity contribution >= 4 is 12.1 Å². The van der Waals surface area contributed by atoms with E-state index in [0.717, 1.165) is 0 Å². The predicted octanol–water partition coefficient (Wildman–Crippen LogP) is 3.46. The molecule has 0 saturated carbocycles. The highest BCUT2D eigenvalue weighted by molar-refractivity contribution is 5.89. The van der Waals surface area contributed by atoms with Crippen molar-refractivity contribution in [2.75, 3.05) is 13.7 Å². The van der Waals surface area contributed by atoms with E-state index in [-0.39, 0.29) is 5.56 Å². The van der Waals surface area contributed by atoms with Crippen molar-refractivity contribution in [2.24, 2.45) is 0 Å². The number of hydrogen-bond donors (Lipinski definition) is 0. The molecule has 0 aliphatic carbocycles. The fraction of sp³-hybridized carbons (Fsp3) is 0.412. The molecule has 0 aromatic heterocycles. The van der Waals surface area contributed by atoms with Crippen LogP contribution in [0.5, 0.6) is 0 Å². The molecule has 5 nitrogen and oxygen atoms in total. The van der Waals surface area contributed by atoms with Gasteiger partial charge in [-0.3, -0.25) is 4.90 Å². The number of methoxy groups -OCH3 is 1. The molecule has 23 heavy (non-hydrogen) atoms. The van der Waals surface area contributed by atoms with Gasteiger partial charge in [-0.1, -0.05) is 18.2 Å². The second-order valence-electron chi connectivity index (χ2n) is 6.24. The van der Waals surface area contributed by atoms with Gasteiger partial charge in [0.2, 0.25) is 0 Å². The van der Waals surface area contributed by atoms with Gasteiger partial charge in [-0.2, -0.15) is 0 Å². The Balaban J connectivity index is 2.28. The van der Waals surface area contributed by atoms with Gasteiger partial charge < -0.3 is 9.47 Å². The van der Waals surface area contributed by atoms with Crippen LogP contribution in [0.25, 0.3) is 0 Å². The van der Waals surface area contributed by atoms with Gasteiger partial charge in [0.1, 0.15) is 11.4 Å². The summed E-state index contributed by atoms with van der Waals surface area (Å²) in [6.45, 7) is 5.76. The molecule has 124 valence electrons. The van der Waals surface area contributed by atoms with Gasteiger partial charge in [-0.15, -0.1) is 0 Å². The Morgan fingerprint density at radius 1 is 1.30 bits per heavy atom. The number of carbonyl (C=O) groups is 2. The molecule has 1 aromatic rings. The lowest BCUT2D eigenvalue weighted by molar-refractivity contribution is 0.0240. The first-order valence-electron chi connectivity index (χ1n) is 7.27. The minimum atomic E-state index is -0.754. The maximum Gasteiger partial charge on any atom is 0.411 e. The van der Waals surface area contributed by atoms with Crippen molar-refractivity contribution < 1.29 is 23.5 Å². The lowest BCUT2D eigenvalue weighted by Crippen LogP contribution is -2.36. The number of rotatable bonds is 2. The highest BCUT2D eigenvalue weighted by Crippen LogP contribution is 2.29. The molecule has 1 unspecified atom stereocenters. The fourth-order valence-electron chi connectivity index (χ4n) is 2.31. The van der Waals surface area contributed by atoms with Crippen molar-refractivity contribution in [3.63, 3.8) is 0 Å². The molecule has 1 heterocycles. The number of hydrogen-bond acceptors (Lipinski definition) is 4. The number of halogens is 1. The van der Waals surface area contributed by atoms with E-state index in [1.807, 2.05) is 12.2 Å². The molecule has 0 bridgehead atoms. The summed E-state index contributed by atoms with van der Waals surface area (Å²) in [6.07, 6.45) is 3.19. The van der Waals surface area contributed by atoms with Crippen LogP contribution >= 0.6 is 0 Å². The monoisotopic (exact) mass is 321 g/mol. The zero-order valence-corrected chi connectivity index (χ0v) is 13.6. The molecular weight excluding hydrogens is 301 g/mol. The van der Waals surface area contributed by atoms with E-state index in [1.54, 1.807) is 26.8 Å². The molecule has 6 heteroatoms. The van der Waals surface area contributed by atoms with Crippen LogP contribution in [0.4, 0.5) is 9.18 Å². The molecule has 1 atom stereocenters. The normalized spacial score (nSPS) is 17.3. The van der Waals surface area contributed by atoms with E-state index >= 15 is 0 Å². The van der Waals surface area contributed by atoms with Crippen LogP contribution in [-0.2, 0) is 9.47 Å². The number of esters is 1. The molecule has 2 rings (SSSR count). The molecule has 1 aliphatic heterocycles. The number of amides is 1. The van der Waals surface area contributed by atoms with E-state index in [2.05, 4.69) is 4.74 Å². The van der Waals surface area contributed by atoms with Gasteiger partial charge in [-0.25, -0.2) is 14.0 Å². The van der Waals surface area contributed by atoms with Crippen LogP contribution in [0.15, 0.2) is 30.4 Å². The van der Waals surface area contributed by atoms with Crippen molar-refractivity contribution in [3.05, 3.63) is 47.3 Å². The summed E-state index contributed by atoms with van der Waals surface area (Å²) in [7, 11) is 1.19. The summed E-state index contributed by atoms with van der Waals surface area (Å²) in [4.78, 5) is 25.4. The van der Waals surface area contributed by atoms with Gasteiger partial charge in [0.25, 0.3) is 0 Å². The van der Waals surface area contributed by atoms with Crippen molar-refractivity contribution in [3.8, 4) is 0 Å². The smallest absolute Gasteiger partial charge is 0.411 e. The zero-order chi connectivity index (χ0) is 17.2. The van der Waals surface area contributed by atoms with Crippen LogP contribution in [-0.4, -0.2) is 36.2 Å². The standard InChI is InChI=1S/C17H20FNO4/c1-17(2,3)23-16(21)19-9-5-6-14(19)11-7-8-13(18)12(10-11)15(20)22-4/h5-8,10,14H,9H2,1-4H3. The fourth-order valence-corrected chi connectivity index (χ4v) is 2.31. The first-order valence-corrected chi connectivity index (χ1v) is 7.27. The molecule has 0 radical (unpaired) electrons. The minimum absolute atomic E-state index is 0.158. The maximum absolute atomic E-state index is 13.7. The van der Waals surface area contributed by atoms with Crippen LogP contribution in [0.1, 0.15) is 42.7 Å². The summed E-state index contributed by atoms with van der Waals surface area (Å²) < 4.78 is 23.7. The Morgan fingerprint density at radius 2 is 2.00 bits per heavy atom.